The van der Waals surface area contributed by atoms with E-state index >= 15 is 0 Å². The first kappa shape index (κ1) is 5.83. The molecule has 1 rings (SSSR count). The van der Waals surface area contributed by atoms with Crippen molar-refractivity contribution in [3.05, 3.63) is 12.7 Å². The SMILES string of the molecule is C=CC1(CCC)CO1. The van der Waals surface area contributed by atoms with Crippen molar-refractivity contribution in [3.8, 4) is 0 Å². The summed E-state index contributed by atoms with van der Waals surface area (Å²) in [7, 11) is 0. The van der Waals surface area contributed by atoms with Crippen LogP contribution in [0.3, 0.4) is 0 Å². The Morgan fingerprint density at radius 3 is 2.62 bits per heavy atom. The van der Waals surface area contributed by atoms with Crippen LogP contribution in [0.4, 0.5) is 0 Å². The third-order valence-corrected chi connectivity index (χ3v) is 1.56. The third kappa shape index (κ3) is 0.920. The van der Waals surface area contributed by atoms with Crippen molar-refractivity contribution >= 4 is 0 Å². The van der Waals surface area contributed by atoms with Crippen LogP contribution in [0.1, 0.15) is 19.8 Å². The van der Waals surface area contributed by atoms with E-state index in [1.165, 1.54) is 6.42 Å². The molecule has 1 heteroatoms. The highest BCUT2D eigenvalue weighted by atomic mass is 16.6. The van der Waals surface area contributed by atoms with Crippen molar-refractivity contribution in [2.24, 2.45) is 0 Å². The van der Waals surface area contributed by atoms with Gasteiger partial charge in [-0.3, -0.25) is 0 Å². The van der Waals surface area contributed by atoms with E-state index in [0.717, 1.165) is 13.0 Å². The van der Waals surface area contributed by atoms with Crippen LogP contribution in [0.2, 0.25) is 0 Å². The molecule has 1 nitrogen and oxygen atoms in total. The van der Waals surface area contributed by atoms with Crippen molar-refractivity contribution < 1.29 is 4.74 Å². The van der Waals surface area contributed by atoms with Crippen LogP contribution in [0.25, 0.3) is 0 Å². The van der Waals surface area contributed by atoms with Crippen LogP contribution in [-0.2, 0) is 4.74 Å². The standard InChI is InChI=1S/C7H12O/c1-3-5-7(4-2)6-8-7/h4H,2-3,5-6H2,1H3. The summed E-state index contributed by atoms with van der Waals surface area (Å²) in [5, 5.41) is 0. The first-order chi connectivity index (χ1) is 3.83. The van der Waals surface area contributed by atoms with E-state index in [9.17, 15) is 0 Å². The highest BCUT2D eigenvalue weighted by Crippen LogP contribution is 2.32. The van der Waals surface area contributed by atoms with Gasteiger partial charge in [0, 0.05) is 0 Å². The van der Waals surface area contributed by atoms with Gasteiger partial charge in [-0.1, -0.05) is 19.4 Å². The third-order valence-electron chi connectivity index (χ3n) is 1.56. The molecule has 0 aromatic heterocycles. The first-order valence-corrected chi connectivity index (χ1v) is 3.10. The van der Waals surface area contributed by atoms with Gasteiger partial charge in [0.2, 0.25) is 0 Å². The predicted octanol–water partition coefficient (Wildman–Crippen LogP) is 1.74. The molecule has 0 amide bonds. The van der Waals surface area contributed by atoms with Gasteiger partial charge in [-0.25, -0.2) is 0 Å². The summed E-state index contributed by atoms with van der Waals surface area (Å²) in [4.78, 5) is 0. The van der Waals surface area contributed by atoms with Crippen molar-refractivity contribution in [3.63, 3.8) is 0 Å². The Hall–Kier alpha value is -0.300. The van der Waals surface area contributed by atoms with Crippen molar-refractivity contribution in [1.82, 2.24) is 0 Å². The van der Waals surface area contributed by atoms with Gasteiger partial charge < -0.3 is 4.74 Å². The number of hydrogen-bond donors (Lipinski definition) is 0. The summed E-state index contributed by atoms with van der Waals surface area (Å²) in [5.74, 6) is 0. The lowest BCUT2D eigenvalue weighted by molar-refractivity contribution is 0.335. The van der Waals surface area contributed by atoms with E-state index in [-0.39, 0.29) is 5.60 Å². The molecule has 1 fully saturated rings. The topological polar surface area (TPSA) is 12.5 Å². The quantitative estimate of drug-likeness (QED) is 0.400. The van der Waals surface area contributed by atoms with Gasteiger partial charge in [0.1, 0.15) is 5.60 Å². The van der Waals surface area contributed by atoms with E-state index in [2.05, 4.69) is 13.5 Å². The molecule has 1 unspecified atom stereocenters. The maximum Gasteiger partial charge on any atom is 0.109 e. The Morgan fingerprint density at radius 1 is 1.88 bits per heavy atom. The molecule has 0 radical (unpaired) electrons. The lowest BCUT2D eigenvalue weighted by atomic mass is 10.1. The first-order valence-electron chi connectivity index (χ1n) is 3.10. The minimum Gasteiger partial charge on any atom is -0.365 e. The van der Waals surface area contributed by atoms with Crippen LogP contribution in [0, 0.1) is 0 Å². The van der Waals surface area contributed by atoms with Crippen molar-refractivity contribution in [2.75, 3.05) is 6.61 Å². The molecule has 1 aliphatic heterocycles. The van der Waals surface area contributed by atoms with Gasteiger partial charge in [0.25, 0.3) is 0 Å². The van der Waals surface area contributed by atoms with E-state index < -0.39 is 0 Å². The minimum absolute atomic E-state index is 0.106. The molecule has 0 bridgehead atoms. The number of epoxide rings is 1. The molecule has 0 saturated carbocycles. The molecule has 1 saturated heterocycles. The van der Waals surface area contributed by atoms with Gasteiger partial charge in [0.15, 0.2) is 0 Å². The van der Waals surface area contributed by atoms with Crippen LogP contribution in [-0.4, -0.2) is 12.2 Å². The molecule has 0 aliphatic carbocycles. The molecule has 0 N–H and O–H groups in total. The molecule has 46 valence electrons. The summed E-state index contributed by atoms with van der Waals surface area (Å²) in [6.07, 6.45) is 4.24. The number of hydrogen-bond acceptors (Lipinski definition) is 1. The molecule has 1 heterocycles. The zero-order chi connectivity index (χ0) is 6.04. The normalized spacial score (nSPS) is 34.6. The highest BCUT2D eigenvalue weighted by Gasteiger charge is 2.39. The molecule has 1 aliphatic rings. The zero-order valence-corrected chi connectivity index (χ0v) is 5.31. The van der Waals surface area contributed by atoms with Gasteiger partial charge in [-0.15, -0.1) is 6.58 Å². The average molecular weight is 112 g/mol. The molecule has 8 heavy (non-hydrogen) atoms. The number of rotatable bonds is 3. The Kier molecular flexibility index (Phi) is 1.39. The Labute approximate surface area is 50.3 Å². The highest BCUT2D eigenvalue weighted by molar-refractivity contribution is 5.05. The molecule has 1 atom stereocenters. The predicted molar refractivity (Wildman–Crippen MR) is 33.8 cm³/mol. The van der Waals surface area contributed by atoms with Crippen molar-refractivity contribution in [1.29, 1.82) is 0 Å². The average Bonchev–Trinajstić information content (AvgIpc) is 2.50. The second-order valence-corrected chi connectivity index (χ2v) is 2.31. The van der Waals surface area contributed by atoms with Crippen LogP contribution >= 0.6 is 0 Å². The summed E-state index contributed by atoms with van der Waals surface area (Å²) in [5.41, 5.74) is 0.106. The summed E-state index contributed by atoms with van der Waals surface area (Å²) >= 11 is 0. The van der Waals surface area contributed by atoms with E-state index in [1.807, 2.05) is 6.08 Å². The largest absolute Gasteiger partial charge is 0.365 e. The van der Waals surface area contributed by atoms with Gasteiger partial charge in [-0.05, 0) is 6.42 Å². The maximum absolute atomic E-state index is 5.17. The fourth-order valence-electron chi connectivity index (χ4n) is 0.880. The molecular formula is C7H12O. The monoisotopic (exact) mass is 112 g/mol. The van der Waals surface area contributed by atoms with Gasteiger partial charge in [-0.2, -0.15) is 0 Å². The minimum atomic E-state index is 0.106. The summed E-state index contributed by atoms with van der Waals surface area (Å²) in [6.45, 7) is 6.74. The van der Waals surface area contributed by atoms with Crippen LogP contribution < -0.4 is 0 Å². The van der Waals surface area contributed by atoms with Crippen LogP contribution in [0.15, 0.2) is 12.7 Å². The van der Waals surface area contributed by atoms with Crippen LogP contribution in [0.5, 0.6) is 0 Å². The van der Waals surface area contributed by atoms with Gasteiger partial charge >= 0.3 is 0 Å². The Bertz CT molecular complexity index is 92.6. The second-order valence-electron chi connectivity index (χ2n) is 2.31. The molecule has 0 aromatic carbocycles. The molecule has 0 aromatic rings. The lowest BCUT2D eigenvalue weighted by Crippen LogP contribution is -2.03. The summed E-state index contributed by atoms with van der Waals surface area (Å²) < 4.78 is 5.17. The Balaban J connectivity index is 2.30. The smallest absolute Gasteiger partial charge is 0.109 e. The molecular weight excluding hydrogens is 100 g/mol. The zero-order valence-electron chi connectivity index (χ0n) is 5.31. The van der Waals surface area contributed by atoms with Crippen molar-refractivity contribution in [2.45, 2.75) is 25.4 Å². The number of ether oxygens (including phenoxy) is 1. The van der Waals surface area contributed by atoms with E-state index in [0.29, 0.717) is 0 Å². The maximum atomic E-state index is 5.17. The Morgan fingerprint density at radius 2 is 2.50 bits per heavy atom. The molecule has 0 spiro atoms. The summed E-state index contributed by atoms with van der Waals surface area (Å²) in [6, 6.07) is 0. The van der Waals surface area contributed by atoms with E-state index in [4.69, 9.17) is 4.74 Å². The van der Waals surface area contributed by atoms with Gasteiger partial charge in [0.05, 0.1) is 6.61 Å². The second kappa shape index (κ2) is 1.90. The lowest BCUT2D eigenvalue weighted by Gasteiger charge is -1.99. The van der Waals surface area contributed by atoms with E-state index in [1.54, 1.807) is 0 Å². The fraction of sp³-hybridized carbons (Fsp3) is 0.714. The fourth-order valence-corrected chi connectivity index (χ4v) is 0.880.